The molecule has 2 aliphatic rings. The van der Waals surface area contributed by atoms with Crippen molar-refractivity contribution in [3.05, 3.63) is 17.2 Å². The Bertz CT molecular complexity index is 397. The summed E-state index contributed by atoms with van der Waals surface area (Å²) in [5.74, 6) is 1.16. The van der Waals surface area contributed by atoms with Gasteiger partial charge < -0.3 is 9.67 Å². The standard InChI is InChI=1S/C13H20N2O/c1-9-14-12-4-2-3-5-13(12)15(9)10-6-7-11(16)8-10/h10-11,16H,2-8H2,1H3. The summed E-state index contributed by atoms with van der Waals surface area (Å²) in [6, 6.07) is 0.504. The molecule has 3 nitrogen and oxygen atoms in total. The van der Waals surface area contributed by atoms with Gasteiger partial charge in [-0.2, -0.15) is 0 Å². The molecule has 0 bridgehead atoms. The quantitative estimate of drug-likeness (QED) is 0.787. The van der Waals surface area contributed by atoms with Gasteiger partial charge in [-0.3, -0.25) is 0 Å². The molecule has 0 saturated heterocycles. The predicted octanol–water partition coefficient (Wildman–Crippen LogP) is 2.16. The van der Waals surface area contributed by atoms with Crippen LogP contribution in [0.4, 0.5) is 0 Å². The van der Waals surface area contributed by atoms with Crippen LogP contribution in [-0.4, -0.2) is 20.8 Å². The summed E-state index contributed by atoms with van der Waals surface area (Å²) < 4.78 is 2.42. The van der Waals surface area contributed by atoms with Gasteiger partial charge >= 0.3 is 0 Å². The van der Waals surface area contributed by atoms with Crippen LogP contribution >= 0.6 is 0 Å². The molecular formula is C13H20N2O. The van der Waals surface area contributed by atoms with Crippen LogP contribution in [0.2, 0.25) is 0 Å². The van der Waals surface area contributed by atoms with Crippen LogP contribution in [0.15, 0.2) is 0 Å². The molecule has 1 aromatic heterocycles. The summed E-state index contributed by atoms with van der Waals surface area (Å²) in [6.07, 6.45) is 7.82. The van der Waals surface area contributed by atoms with Gasteiger partial charge in [-0.1, -0.05) is 0 Å². The second-order valence-corrected chi connectivity index (χ2v) is 5.25. The smallest absolute Gasteiger partial charge is 0.106 e. The first-order valence-electron chi connectivity index (χ1n) is 6.50. The maximum Gasteiger partial charge on any atom is 0.106 e. The van der Waals surface area contributed by atoms with E-state index in [-0.39, 0.29) is 6.10 Å². The van der Waals surface area contributed by atoms with Gasteiger partial charge in [0.25, 0.3) is 0 Å². The van der Waals surface area contributed by atoms with Gasteiger partial charge in [0.05, 0.1) is 11.8 Å². The van der Waals surface area contributed by atoms with E-state index >= 15 is 0 Å². The van der Waals surface area contributed by atoms with Crippen molar-refractivity contribution < 1.29 is 5.11 Å². The predicted molar refractivity (Wildman–Crippen MR) is 62.5 cm³/mol. The molecule has 2 aliphatic carbocycles. The van der Waals surface area contributed by atoms with Crippen LogP contribution in [0.3, 0.4) is 0 Å². The minimum absolute atomic E-state index is 0.0916. The topological polar surface area (TPSA) is 38.0 Å². The lowest BCUT2D eigenvalue weighted by Crippen LogP contribution is -2.14. The zero-order valence-electron chi connectivity index (χ0n) is 9.95. The number of hydrogen-bond acceptors (Lipinski definition) is 2. The van der Waals surface area contributed by atoms with Crippen molar-refractivity contribution in [2.75, 3.05) is 0 Å². The van der Waals surface area contributed by atoms with E-state index in [0.29, 0.717) is 6.04 Å². The number of rotatable bonds is 1. The summed E-state index contributed by atoms with van der Waals surface area (Å²) in [5, 5.41) is 9.66. The van der Waals surface area contributed by atoms with Gasteiger partial charge in [0.1, 0.15) is 5.82 Å². The number of fused-ring (bicyclic) bond motifs is 1. The second-order valence-electron chi connectivity index (χ2n) is 5.25. The fourth-order valence-corrected chi connectivity index (χ4v) is 3.35. The number of aliphatic hydroxyl groups is 1. The summed E-state index contributed by atoms with van der Waals surface area (Å²) in [5.41, 5.74) is 2.79. The van der Waals surface area contributed by atoms with Gasteiger partial charge in [0.15, 0.2) is 0 Å². The minimum atomic E-state index is -0.0916. The Morgan fingerprint density at radius 2 is 2.06 bits per heavy atom. The first-order valence-corrected chi connectivity index (χ1v) is 6.50. The van der Waals surface area contributed by atoms with E-state index in [2.05, 4.69) is 11.5 Å². The van der Waals surface area contributed by atoms with E-state index in [1.807, 2.05) is 0 Å². The molecule has 0 radical (unpaired) electrons. The largest absolute Gasteiger partial charge is 0.393 e. The number of aliphatic hydroxyl groups excluding tert-OH is 1. The van der Waals surface area contributed by atoms with Crippen molar-refractivity contribution in [3.8, 4) is 0 Å². The van der Waals surface area contributed by atoms with Crippen LogP contribution in [0.1, 0.15) is 55.4 Å². The average Bonchev–Trinajstić information content (AvgIpc) is 2.80. The monoisotopic (exact) mass is 220 g/mol. The minimum Gasteiger partial charge on any atom is -0.393 e. The van der Waals surface area contributed by atoms with Crippen LogP contribution < -0.4 is 0 Å². The zero-order valence-corrected chi connectivity index (χ0v) is 9.95. The normalized spacial score (nSPS) is 29.4. The van der Waals surface area contributed by atoms with Crippen molar-refractivity contribution in [2.24, 2.45) is 0 Å². The zero-order chi connectivity index (χ0) is 11.1. The molecule has 16 heavy (non-hydrogen) atoms. The third-order valence-corrected chi connectivity index (χ3v) is 4.09. The van der Waals surface area contributed by atoms with Gasteiger partial charge in [0, 0.05) is 11.7 Å². The Kier molecular flexibility index (Phi) is 2.51. The maximum absolute atomic E-state index is 9.66. The molecule has 0 amide bonds. The summed E-state index contributed by atoms with van der Waals surface area (Å²) >= 11 is 0. The molecule has 3 rings (SSSR count). The van der Waals surface area contributed by atoms with E-state index in [1.54, 1.807) is 0 Å². The fourth-order valence-electron chi connectivity index (χ4n) is 3.35. The van der Waals surface area contributed by atoms with Gasteiger partial charge in [-0.25, -0.2) is 4.98 Å². The molecule has 2 atom stereocenters. The lowest BCUT2D eigenvalue weighted by atomic mass is 10.0. The molecule has 0 aliphatic heterocycles. The van der Waals surface area contributed by atoms with Crippen molar-refractivity contribution in [1.29, 1.82) is 0 Å². The van der Waals surface area contributed by atoms with Crippen LogP contribution in [0.25, 0.3) is 0 Å². The van der Waals surface area contributed by atoms with Crippen molar-refractivity contribution in [1.82, 2.24) is 9.55 Å². The Labute approximate surface area is 96.5 Å². The highest BCUT2D eigenvalue weighted by molar-refractivity contribution is 5.21. The Hall–Kier alpha value is -0.830. The van der Waals surface area contributed by atoms with E-state index < -0.39 is 0 Å². The van der Waals surface area contributed by atoms with Gasteiger partial charge in [-0.05, 0) is 51.9 Å². The van der Waals surface area contributed by atoms with Crippen LogP contribution in [0, 0.1) is 6.92 Å². The number of aromatic nitrogens is 2. The first kappa shape index (κ1) is 10.3. The first-order chi connectivity index (χ1) is 7.75. The SMILES string of the molecule is Cc1nc2c(n1C1CCC(O)C1)CCCC2. The van der Waals surface area contributed by atoms with Crippen LogP contribution in [-0.2, 0) is 12.8 Å². The Morgan fingerprint density at radius 3 is 2.81 bits per heavy atom. The molecular weight excluding hydrogens is 200 g/mol. The van der Waals surface area contributed by atoms with Gasteiger partial charge in [0.2, 0.25) is 0 Å². The number of nitrogens with zero attached hydrogens (tertiary/aromatic N) is 2. The highest BCUT2D eigenvalue weighted by Crippen LogP contribution is 2.34. The molecule has 1 N–H and O–H groups in total. The molecule has 1 heterocycles. The molecule has 1 saturated carbocycles. The van der Waals surface area contributed by atoms with E-state index in [9.17, 15) is 5.11 Å². The molecule has 0 spiro atoms. The lowest BCUT2D eigenvalue weighted by molar-refractivity contribution is 0.177. The third-order valence-electron chi connectivity index (χ3n) is 4.09. The maximum atomic E-state index is 9.66. The second kappa shape index (κ2) is 3.88. The highest BCUT2D eigenvalue weighted by atomic mass is 16.3. The van der Waals surface area contributed by atoms with E-state index in [4.69, 9.17) is 4.98 Å². The number of imidazole rings is 1. The fraction of sp³-hybridized carbons (Fsp3) is 0.769. The molecule has 88 valence electrons. The summed E-state index contributed by atoms with van der Waals surface area (Å²) in [7, 11) is 0. The molecule has 1 fully saturated rings. The van der Waals surface area contributed by atoms with Crippen molar-refractivity contribution >= 4 is 0 Å². The number of hydrogen-bond donors (Lipinski definition) is 1. The third kappa shape index (κ3) is 1.58. The summed E-state index contributed by atoms with van der Waals surface area (Å²) in [6.45, 7) is 2.11. The van der Waals surface area contributed by atoms with E-state index in [0.717, 1.165) is 31.5 Å². The van der Waals surface area contributed by atoms with Crippen molar-refractivity contribution in [2.45, 2.75) is 64.0 Å². The molecule has 2 unspecified atom stereocenters. The summed E-state index contributed by atoms with van der Waals surface area (Å²) in [4.78, 5) is 4.70. The Morgan fingerprint density at radius 1 is 1.25 bits per heavy atom. The molecule has 3 heteroatoms. The van der Waals surface area contributed by atoms with Gasteiger partial charge in [-0.15, -0.1) is 0 Å². The average molecular weight is 220 g/mol. The molecule has 1 aromatic rings. The lowest BCUT2D eigenvalue weighted by Gasteiger charge is -2.20. The van der Waals surface area contributed by atoms with Crippen LogP contribution in [0.5, 0.6) is 0 Å². The number of aryl methyl sites for hydroxylation is 2. The van der Waals surface area contributed by atoms with E-state index in [1.165, 1.54) is 30.7 Å². The Balaban J connectivity index is 1.96. The highest BCUT2D eigenvalue weighted by Gasteiger charge is 2.29. The van der Waals surface area contributed by atoms with Crippen molar-refractivity contribution in [3.63, 3.8) is 0 Å². The molecule has 0 aromatic carbocycles.